The molecule has 2 heterocycles. The summed E-state index contributed by atoms with van der Waals surface area (Å²) in [6.45, 7) is 0.292. The number of nitrogens with zero attached hydrogens (tertiary/aromatic N) is 3. The number of imidazole rings is 1. The van der Waals surface area contributed by atoms with Gasteiger partial charge in [-0.25, -0.2) is 13.4 Å². The number of benzene rings is 1. The number of hydrogen-bond donors (Lipinski definition) is 5. The van der Waals surface area contributed by atoms with Gasteiger partial charge in [-0.05, 0) is 18.2 Å². The van der Waals surface area contributed by atoms with Crippen molar-refractivity contribution in [2.75, 3.05) is 34.8 Å². The number of aliphatic hydroxyl groups excluding tert-OH is 1. The van der Waals surface area contributed by atoms with E-state index in [4.69, 9.17) is 5.11 Å². The topological polar surface area (TPSA) is 145 Å². The molecule has 3 rings (SSSR count). The second-order valence-corrected chi connectivity index (χ2v) is 6.98. The first-order chi connectivity index (χ1) is 11.9. The van der Waals surface area contributed by atoms with Crippen LogP contribution in [0.5, 0.6) is 0 Å². The van der Waals surface area contributed by atoms with Crippen molar-refractivity contribution in [2.24, 2.45) is 0 Å². The molecular formula is C14H17N7O3S. The number of rotatable bonds is 7. The van der Waals surface area contributed by atoms with Crippen LogP contribution in [0.2, 0.25) is 0 Å². The Morgan fingerprint density at radius 1 is 1.24 bits per heavy atom. The van der Waals surface area contributed by atoms with Crippen molar-refractivity contribution in [3.05, 3.63) is 30.6 Å². The molecule has 0 unspecified atom stereocenters. The fourth-order valence-corrected chi connectivity index (χ4v) is 2.75. The summed E-state index contributed by atoms with van der Waals surface area (Å²) < 4.78 is 25.1. The number of fused-ring (bicyclic) bond motifs is 1. The Bertz CT molecular complexity index is 987. The van der Waals surface area contributed by atoms with Crippen molar-refractivity contribution in [1.82, 2.24) is 19.9 Å². The summed E-state index contributed by atoms with van der Waals surface area (Å²) >= 11 is 0. The van der Waals surface area contributed by atoms with Crippen LogP contribution in [-0.4, -0.2) is 52.9 Å². The Labute approximate surface area is 143 Å². The number of H-pyrrole nitrogens is 1. The fraction of sp³-hybridized carbons (Fsp3) is 0.214. The van der Waals surface area contributed by atoms with E-state index in [1.165, 1.54) is 6.33 Å². The second-order valence-electron chi connectivity index (χ2n) is 5.23. The van der Waals surface area contributed by atoms with Crippen molar-refractivity contribution in [1.29, 1.82) is 0 Å². The zero-order valence-electron chi connectivity index (χ0n) is 13.3. The number of sulfonamides is 1. The van der Waals surface area contributed by atoms with Gasteiger partial charge in [0.25, 0.3) is 0 Å². The maximum Gasteiger partial charge on any atom is 0.231 e. The quantitative estimate of drug-likeness (QED) is 0.416. The lowest BCUT2D eigenvalue weighted by Crippen LogP contribution is -2.10. The monoisotopic (exact) mass is 363 g/mol. The van der Waals surface area contributed by atoms with Crippen molar-refractivity contribution in [3.8, 4) is 0 Å². The summed E-state index contributed by atoms with van der Waals surface area (Å²) in [5.41, 5.74) is 2.12. The summed E-state index contributed by atoms with van der Waals surface area (Å²) in [5.74, 6) is 0.793. The minimum absolute atomic E-state index is 0.0401. The van der Waals surface area contributed by atoms with Gasteiger partial charge in [0.1, 0.15) is 5.52 Å². The second kappa shape index (κ2) is 6.91. The van der Waals surface area contributed by atoms with Gasteiger partial charge in [0.05, 0.1) is 24.9 Å². The van der Waals surface area contributed by atoms with Crippen molar-refractivity contribution < 1.29 is 13.5 Å². The summed E-state index contributed by atoms with van der Waals surface area (Å²) in [5, 5.41) is 15.0. The Morgan fingerprint density at radius 2 is 2.04 bits per heavy atom. The largest absolute Gasteiger partial charge is 0.395 e. The lowest BCUT2D eigenvalue weighted by Gasteiger charge is -2.10. The molecule has 25 heavy (non-hydrogen) atoms. The van der Waals surface area contributed by atoms with Gasteiger partial charge in [-0.1, -0.05) is 6.07 Å². The average Bonchev–Trinajstić information content (AvgIpc) is 3.00. The normalized spacial score (nSPS) is 11.4. The van der Waals surface area contributed by atoms with Crippen LogP contribution in [0.25, 0.3) is 11.2 Å². The van der Waals surface area contributed by atoms with E-state index in [0.29, 0.717) is 34.9 Å². The molecule has 0 radical (unpaired) electrons. The molecule has 0 saturated heterocycles. The highest BCUT2D eigenvalue weighted by Crippen LogP contribution is 2.22. The smallest absolute Gasteiger partial charge is 0.231 e. The van der Waals surface area contributed by atoms with Gasteiger partial charge in [-0.2, -0.15) is 9.97 Å². The first-order valence-electron chi connectivity index (χ1n) is 7.35. The zero-order valence-corrected chi connectivity index (χ0v) is 14.1. The molecule has 3 aromatic rings. The lowest BCUT2D eigenvalue weighted by molar-refractivity contribution is 0.311. The number of aliphatic hydroxyl groups is 1. The van der Waals surface area contributed by atoms with Crippen LogP contribution in [0.15, 0.2) is 30.6 Å². The minimum Gasteiger partial charge on any atom is -0.395 e. The van der Waals surface area contributed by atoms with Gasteiger partial charge in [0, 0.05) is 12.2 Å². The van der Waals surface area contributed by atoms with E-state index in [9.17, 15) is 8.42 Å². The standard InChI is InChI=1S/C14H17N7O3S/c1-25(23,24)21-10-4-2-3-9(7-10)18-14-19-12(15-5-6-22)11-13(20-14)17-8-16-11/h2-4,7-8,21-22H,5-6H2,1H3,(H3,15,16,17,18,19,20). The Kier molecular flexibility index (Phi) is 4.67. The Balaban J connectivity index is 1.88. The van der Waals surface area contributed by atoms with E-state index in [-0.39, 0.29) is 12.6 Å². The molecular weight excluding hydrogens is 346 g/mol. The molecule has 0 amide bonds. The van der Waals surface area contributed by atoms with Gasteiger partial charge in [-0.15, -0.1) is 0 Å². The van der Waals surface area contributed by atoms with Crippen molar-refractivity contribution >= 4 is 44.3 Å². The molecule has 11 heteroatoms. The third-order valence-corrected chi connectivity index (χ3v) is 3.72. The van der Waals surface area contributed by atoms with Crippen LogP contribution < -0.4 is 15.4 Å². The minimum atomic E-state index is -3.36. The predicted molar refractivity (Wildman–Crippen MR) is 95.5 cm³/mol. The van der Waals surface area contributed by atoms with Crippen LogP contribution in [0.4, 0.5) is 23.1 Å². The van der Waals surface area contributed by atoms with E-state index in [2.05, 4.69) is 35.3 Å². The molecule has 0 aliphatic rings. The maximum absolute atomic E-state index is 11.3. The number of aromatic amines is 1. The third-order valence-electron chi connectivity index (χ3n) is 3.11. The maximum atomic E-state index is 11.3. The average molecular weight is 363 g/mol. The Morgan fingerprint density at radius 3 is 2.80 bits per heavy atom. The van der Waals surface area contributed by atoms with Crippen LogP contribution in [0.1, 0.15) is 0 Å². The molecule has 0 saturated carbocycles. The molecule has 0 aliphatic heterocycles. The highest BCUT2D eigenvalue weighted by atomic mass is 32.2. The van der Waals surface area contributed by atoms with Crippen LogP contribution in [0.3, 0.4) is 0 Å². The first-order valence-corrected chi connectivity index (χ1v) is 9.24. The van der Waals surface area contributed by atoms with Gasteiger partial charge >= 0.3 is 0 Å². The lowest BCUT2D eigenvalue weighted by atomic mass is 10.3. The highest BCUT2D eigenvalue weighted by Gasteiger charge is 2.10. The molecule has 2 aromatic heterocycles. The van der Waals surface area contributed by atoms with Crippen LogP contribution in [0, 0.1) is 0 Å². The van der Waals surface area contributed by atoms with Crippen molar-refractivity contribution in [3.63, 3.8) is 0 Å². The molecule has 0 bridgehead atoms. The third kappa shape index (κ3) is 4.33. The summed E-state index contributed by atoms with van der Waals surface area (Å²) in [6, 6.07) is 6.72. The SMILES string of the molecule is CS(=O)(=O)Nc1cccc(Nc2nc(NCCO)c3[nH]cnc3n2)c1. The molecule has 0 spiro atoms. The molecule has 10 nitrogen and oxygen atoms in total. The molecule has 0 aliphatic carbocycles. The van der Waals surface area contributed by atoms with Gasteiger partial charge in [0.2, 0.25) is 16.0 Å². The summed E-state index contributed by atoms with van der Waals surface area (Å²) in [4.78, 5) is 15.7. The molecule has 132 valence electrons. The van der Waals surface area contributed by atoms with Gasteiger partial charge in [-0.3, -0.25) is 4.72 Å². The molecule has 0 fully saturated rings. The fourth-order valence-electron chi connectivity index (χ4n) is 2.19. The highest BCUT2D eigenvalue weighted by molar-refractivity contribution is 7.92. The van der Waals surface area contributed by atoms with E-state index in [0.717, 1.165) is 6.26 Å². The van der Waals surface area contributed by atoms with E-state index < -0.39 is 10.0 Å². The number of hydrogen-bond acceptors (Lipinski definition) is 8. The molecule has 1 aromatic carbocycles. The predicted octanol–water partition coefficient (Wildman–Crippen LogP) is 0.872. The van der Waals surface area contributed by atoms with E-state index >= 15 is 0 Å². The number of aromatic nitrogens is 4. The molecule has 5 N–H and O–H groups in total. The summed E-state index contributed by atoms with van der Waals surface area (Å²) in [7, 11) is -3.36. The Hall–Kier alpha value is -2.92. The summed E-state index contributed by atoms with van der Waals surface area (Å²) in [6.07, 6.45) is 2.59. The van der Waals surface area contributed by atoms with Crippen molar-refractivity contribution in [2.45, 2.75) is 0 Å². The molecule has 0 atom stereocenters. The van der Waals surface area contributed by atoms with E-state index in [1.807, 2.05) is 0 Å². The zero-order chi connectivity index (χ0) is 17.9. The van der Waals surface area contributed by atoms with Crippen LogP contribution in [-0.2, 0) is 10.0 Å². The van der Waals surface area contributed by atoms with Gasteiger partial charge < -0.3 is 20.7 Å². The van der Waals surface area contributed by atoms with E-state index in [1.54, 1.807) is 24.3 Å². The number of anilines is 4. The first kappa shape index (κ1) is 16.9. The van der Waals surface area contributed by atoms with Gasteiger partial charge in [0.15, 0.2) is 11.5 Å². The number of nitrogens with one attached hydrogen (secondary N) is 4. The van der Waals surface area contributed by atoms with Crippen LogP contribution >= 0.6 is 0 Å².